The maximum atomic E-state index is 11.7. The number of hydrogen-bond donors (Lipinski definition) is 3. The molecule has 1 fully saturated rings. The highest BCUT2D eigenvalue weighted by Crippen LogP contribution is 2.24. The van der Waals surface area contributed by atoms with Crippen LogP contribution < -0.4 is 10.6 Å². The van der Waals surface area contributed by atoms with Gasteiger partial charge in [-0.05, 0) is 32.6 Å². The Morgan fingerprint density at radius 2 is 1.94 bits per heavy atom. The number of carboxylic acid groups (broad SMARTS) is 1. The lowest BCUT2D eigenvalue weighted by atomic mass is 10.0. The molecule has 1 rings (SSSR count). The molecule has 0 aromatic carbocycles. The van der Waals surface area contributed by atoms with Gasteiger partial charge in [-0.3, -0.25) is 4.79 Å². The zero-order chi connectivity index (χ0) is 13.0. The van der Waals surface area contributed by atoms with E-state index >= 15 is 0 Å². The molecule has 4 atom stereocenters. The number of urea groups is 1. The van der Waals surface area contributed by atoms with Gasteiger partial charge in [-0.15, -0.1) is 0 Å². The number of nitrogens with one attached hydrogen (secondary N) is 2. The van der Waals surface area contributed by atoms with E-state index in [4.69, 9.17) is 5.11 Å². The van der Waals surface area contributed by atoms with Gasteiger partial charge in [0.05, 0.1) is 5.92 Å². The van der Waals surface area contributed by atoms with Crippen LogP contribution >= 0.6 is 0 Å². The highest BCUT2D eigenvalue weighted by molar-refractivity contribution is 5.76. The number of hydrogen-bond acceptors (Lipinski definition) is 2. The molecule has 0 bridgehead atoms. The van der Waals surface area contributed by atoms with Gasteiger partial charge in [0.1, 0.15) is 0 Å². The van der Waals surface area contributed by atoms with Crippen LogP contribution in [0.25, 0.3) is 0 Å². The normalized spacial score (nSPS) is 27.2. The summed E-state index contributed by atoms with van der Waals surface area (Å²) in [4.78, 5) is 22.4. The van der Waals surface area contributed by atoms with Crippen molar-refractivity contribution in [2.45, 2.75) is 52.1 Å². The van der Waals surface area contributed by atoms with E-state index in [1.807, 2.05) is 0 Å². The molecule has 0 aliphatic heterocycles. The van der Waals surface area contributed by atoms with Crippen LogP contribution in [0.4, 0.5) is 4.79 Å². The number of aliphatic carboxylic acids is 1. The highest BCUT2D eigenvalue weighted by Gasteiger charge is 2.26. The summed E-state index contributed by atoms with van der Waals surface area (Å²) >= 11 is 0. The first-order chi connectivity index (χ1) is 7.91. The van der Waals surface area contributed by atoms with Crippen molar-refractivity contribution in [3.63, 3.8) is 0 Å². The second-order valence-electron chi connectivity index (χ2n) is 5.05. The third kappa shape index (κ3) is 3.91. The van der Waals surface area contributed by atoms with Crippen LogP contribution in [0, 0.1) is 11.8 Å². The van der Waals surface area contributed by atoms with Crippen molar-refractivity contribution in [1.82, 2.24) is 10.6 Å². The Morgan fingerprint density at radius 1 is 1.29 bits per heavy atom. The zero-order valence-corrected chi connectivity index (χ0v) is 10.7. The minimum Gasteiger partial charge on any atom is -0.481 e. The molecule has 5 nitrogen and oxygen atoms in total. The Kier molecular flexibility index (Phi) is 4.78. The summed E-state index contributed by atoms with van der Waals surface area (Å²) in [5.41, 5.74) is 0. The van der Waals surface area contributed by atoms with E-state index in [-0.39, 0.29) is 18.1 Å². The summed E-state index contributed by atoms with van der Waals surface area (Å²) < 4.78 is 0. The molecule has 0 heterocycles. The fourth-order valence-electron chi connectivity index (χ4n) is 2.12. The minimum absolute atomic E-state index is 0.224. The van der Waals surface area contributed by atoms with Crippen LogP contribution in [-0.2, 0) is 4.79 Å². The van der Waals surface area contributed by atoms with Gasteiger partial charge >= 0.3 is 12.0 Å². The van der Waals surface area contributed by atoms with E-state index in [1.165, 1.54) is 0 Å². The summed E-state index contributed by atoms with van der Waals surface area (Å²) in [5, 5.41) is 14.4. The monoisotopic (exact) mass is 242 g/mol. The van der Waals surface area contributed by atoms with Crippen LogP contribution in [0.1, 0.15) is 40.0 Å². The van der Waals surface area contributed by atoms with Crippen molar-refractivity contribution < 1.29 is 14.7 Å². The summed E-state index contributed by atoms with van der Waals surface area (Å²) in [6, 6.07) is -0.407. The first-order valence-corrected chi connectivity index (χ1v) is 6.21. The molecule has 5 heteroatoms. The molecule has 0 spiro atoms. The standard InChI is InChI=1S/C12H22N2O3/c1-7-5-4-6-10(7)14-12(17)13-9(3)8(2)11(15)16/h7-10H,4-6H2,1-3H3,(H,15,16)(H2,13,14,17). The Hall–Kier alpha value is -1.26. The van der Waals surface area contributed by atoms with Gasteiger partial charge < -0.3 is 15.7 Å². The quantitative estimate of drug-likeness (QED) is 0.700. The third-order valence-electron chi connectivity index (χ3n) is 3.68. The average Bonchev–Trinajstić information content (AvgIpc) is 2.62. The number of carboxylic acids is 1. The van der Waals surface area contributed by atoms with Gasteiger partial charge in [-0.25, -0.2) is 4.79 Å². The van der Waals surface area contributed by atoms with Gasteiger partial charge in [0.2, 0.25) is 0 Å². The van der Waals surface area contributed by atoms with E-state index in [9.17, 15) is 9.59 Å². The van der Waals surface area contributed by atoms with Gasteiger partial charge in [-0.2, -0.15) is 0 Å². The lowest BCUT2D eigenvalue weighted by molar-refractivity contribution is -0.141. The zero-order valence-electron chi connectivity index (χ0n) is 10.7. The smallest absolute Gasteiger partial charge is 0.315 e. The maximum Gasteiger partial charge on any atom is 0.315 e. The Labute approximate surface area is 102 Å². The van der Waals surface area contributed by atoms with Crippen LogP contribution in [-0.4, -0.2) is 29.2 Å². The Balaban J connectivity index is 2.36. The van der Waals surface area contributed by atoms with Crippen molar-refractivity contribution in [2.75, 3.05) is 0 Å². The van der Waals surface area contributed by atoms with Crippen LogP contribution in [0.15, 0.2) is 0 Å². The molecule has 1 aliphatic carbocycles. The lowest BCUT2D eigenvalue weighted by Gasteiger charge is -2.22. The van der Waals surface area contributed by atoms with Gasteiger partial charge in [-0.1, -0.05) is 13.3 Å². The molecule has 0 saturated heterocycles. The first-order valence-electron chi connectivity index (χ1n) is 6.21. The Bertz CT molecular complexity index is 293. The molecule has 3 N–H and O–H groups in total. The predicted octanol–water partition coefficient (Wildman–Crippen LogP) is 1.58. The van der Waals surface area contributed by atoms with Crippen LogP contribution in [0.3, 0.4) is 0 Å². The number of carbonyl (C=O) groups excluding carboxylic acids is 1. The minimum atomic E-state index is -0.896. The van der Waals surface area contributed by atoms with E-state index in [0.29, 0.717) is 5.92 Å². The topological polar surface area (TPSA) is 78.4 Å². The average molecular weight is 242 g/mol. The van der Waals surface area contributed by atoms with Crippen LogP contribution in [0.2, 0.25) is 0 Å². The van der Waals surface area contributed by atoms with E-state index in [1.54, 1.807) is 13.8 Å². The largest absolute Gasteiger partial charge is 0.481 e. The number of carbonyl (C=O) groups is 2. The summed E-state index contributed by atoms with van der Waals surface area (Å²) in [6.45, 7) is 5.42. The number of rotatable bonds is 4. The molecule has 4 unspecified atom stereocenters. The van der Waals surface area contributed by atoms with E-state index in [0.717, 1.165) is 19.3 Å². The second kappa shape index (κ2) is 5.89. The maximum absolute atomic E-state index is 11.7. The molecule has 0 radical (unpaired) electrons. The van der Waals surface area contributed by atoms with Crippen molar-refractivity contribution in [3.05, 3.63) is 0 Å². The van der Waals surface area contributed by atoms with Gasteiger partial charge in [0.15, 0.2) is 0 Å². The second-order valence-corrected chi connectivity index (χ2v) is 5.05. The SMILES string of the molecule is CC1CCCC1NC(=O)NC(C)C(C)C(=O)O. The Morgan fingerprint density at radius 3 is 2.41 bits per heavy atom. The van der Waals surface area contributed by atoms with Crippen molar-refractivity contribution >= 4 is 12.0 Å². The summed E-state index contributed by atoms with van der Waals surface area (Å²) in [7, 11) is 0. The molecule has 1 saturated carbocycles. The fourth-order valence-corrected chi connectivity index (χ4v) is 2.12. The molecule has 98 valence electrons. The van der Waals surface area contributed by atoms with Crippen LogP contribution in [0.5, 0.6) is 0 Å². The lowest BCUT2D eigenvalue weighted by Crippen LogP contribution is -2.48. The highest BCUT2D eigenvalue weighted by atomic mass is 16.4. The summed E-state index contributed by atoms with van der Waals surface area (Å²) in [6.07, 6.45) is 3.30. The van der Waals surface area contributed by atoms with Crippen molar-refractivity contribution in [1.29, 1.82) is 0 Å². The fraction of sp³-hybridized carbons (Fsp3) is 0.833. The van der Waals surface area contributed by atoms with Crippen molar-refractivity contribution in [2.24, 2.45) is 11.8 Å². The molecular weight excluding hydrogens is 220 g/mol. The molecule has 1 aliphatic rings. The third-order valence-corrected chi connectivity index (χ3v) is 3.68. The summed E-state index contributed by atoms with van der Waals surface area (Å²) in [5.74, 6) is -0.971. The molecular formula is C12H22N2O3. The first kappa shape index (κ1) is 13.8. The van der Waals surface area contributed by atoms with E-state index in [2.05, 4.69) is 17.6 Å². The predicted molar refractivity (Wildman–Crippen MR) is 64.7 cm³/mol. The molecule has 0 aromatic rings. The molecule has 0 aromatic heterocycles. The van der Waals surface area contributed by atoms with Gasteiger partial charge in [0.25, 0.3) is 0 Å². The van der Waals surface area contributed by atoms with Crippen molar-refractivity contribution in [3.8, 4) is 0 Å². The number of amides is 2. The van der Waals surface area contributed by atoms with E-state index < -0.39 is 11.9 Å². The molecule has 17 heavy (non-hydrogen) atoms. The van der Waals surface area contributed by atoms with Gasteiger partial charge in [0, 0.05) is 12.1 Å². The molecule has 2 amide bonds.